The van der Waals surface area contributed by atoms with Gasteiger partial charge in [-0.05, 0) is 91.4 Å². The number of nitrogens with one attached hydrogen (secondary N) is 2. The third kappa shape index (κ3) is 5.87. The van der Waals surface area contributed by atoms with E-state index in [4.69, 9.17) is 4.42 Å². The molecule has 5 rings (SSSR count). The summed E-state index contributed by atoms with van der Waals surface area (Å²) in [4.78, 5) is 26.0. The molecule has 6 nitrogen and oxygen atoms in total. The third-order valence-corrected chi connectivity index (χ3v) is 7.46. The lowest BCUT2D eigenvalue weighted by Crippen LogP contribution is -2.57. The van der Waals surface area contributed by atoms with Gasteiger partial charge in [-0.25, -0.2) is 8.78 Å². The number of aliphatic hydroxyl groups is 1. The Bertz CT molecular complexity index is 1670. The number of hydrogen-bond acceptors (Lipinski definition) is 4. The fraction of sp³-hybridized carbons (Fsp3) is 0.290. The Balaban J connectivity index is 1.66. The number of halogens is 5. The van der Waals surface area contributed by atoms with Crippen LogP contribution >= 0.6 is 0 Å². The molecule has 0 unspecified atom stereocenters. The van der Waals surface area contributed by atoms with Gasteiger partial charge in [0.15, 0.2) is 0 Å². The number of carbonyl (C=O) groups excluding carboxylic acids is 2. The molecule has 0 radical (unpaired) electrons. The predicted octanol–water partition coefficient (Wildman–Crippen LogP) is 6.54. The average Bonchev–Trinajstić information content (AvgIpc) is 3.28. The molecule has 42 heavy (non-hydrogen) atoms. The summed E-state index contributed by atoms with van der Waals surface area (Å²) in [6.07, 6.45) is -6.05. The fourth-order valence-corrected chi connectivity index (χ4v) is 5.38. The van der Waals surface area contributed by atoms with Gasteiger partial charge in [-0.3, -0.25) is 9.59 Å². The standard InChI is InChI=1S/C31H27F5N2O4/c1-30(14-20(39)15-30)38-28(40)22-11-17(5-8-24(22)33)21-13-23-25(12-18(21)9-10-31(34,35)36)42-27(26(23)29(41)37-2)16-3-6-19(32)7-4-16/h3-8,11-13,20,39H,9-10,14-15H2,1-2H3,(H,37,41)(H,38,40). The molecule has 1 aromatic heterocycles. The summed E-state index contributed by atoms with van der Waals surface area (Å²) in [7, 11) is 1.40. The monoisotopic (exact) mass is 586 g/mol. The van der Waals surface area contributed by atoms with Crippen LogP contribution in [-0.4, -0.2) is 41.8 Å². The van der Waals surface area contributed by atoms with Crippen molar-refractivity contribution in [2.75, 3.05) is 7.05 Å². The molecule has 3 aromatic carbocycles. The Labute approximate surface area is 237 Å². The summed E-state index contributed by atoms with van der Waals surface area (Å²) in [6, 6.07) is 11.7. The highest BCUT2D eigenvalue weighted by Crippen LogP contribution is 2.39. The van der Waals surface area contributed by atoms with Gasteiger partial charge in [0.25, 0.3) is 11.8 Å². The lowest BCUT2D eigenvalue weighted by molar-refractivity contribution is -0.133. The molecule has 220 valence electrons. The number of benzene rings is 3. The number of rotatable bonds is 7. The van der Waals surface area contributed by atoms with Crippen LogP contribution in [0.2, 0.25) is 0 Å². The first kappa shape index (κ1) is 29.2. The van der Waals surface area contributed by atoms with Crippen LogP contribution in [-0.2, 0) is 6.42 Å². The van der Waals surface area contributed by atoms with Gasteiger partial charge in [0.2, 0.25) is 0 Å². The molecule has 0 atom stereocenters. The second-order valence-corrected chi connectivity index (χ2v) is 10.8. The van der Waals surface area contributed by atoms with Crippen LogP contribution in [0.5, 0.6) is 0 Å². The van der Waals surface area contributed by atoms with E-state index in [2.05, 4.69) is 10.6 Å². The molecule has 3 N–H and O–H groups in total. The Morgan fingerprint density at radius 3 is 2.29 bits per heavy atom. The lowest BCUT2D eigenvalue weighted by Gasteiger charge is -2.43. The van der Waals surface area contributed by atoms with E-state index >= 15 is 0 Å². The Morgan fingerprint density at radius 2 is 1.67 bits per heavy atom. The van der Waals surface area contributed by atoms with E-state index in [0.717, 1.165) is 6.07 Å². The highest BCUT2D eigenvalue weighted by atomic mass is 19.4. The zero-order chi connectivity index (χ0) is 30.4. The fourth-order valence-electron chi connectivity index (χ4n) is 5.38. The molecule has 11 heteroatoms. The van der Waals surface area contributed by atoms with Gasteiger partial charge in [-0.1, -0.05) is 6.07 Å². The van der Waals surface area contributed by atoms with Crippen molar-refractivity contribution >= 4 is 22.8 Å². The van der Waals surface area contributed by atoms with Crippen LogP contribution in [0, 0.1) is 11.6 Å². The van der Waals surface area contributed by atoms with Crippen molar-refractivity contribution in [3.8, 4) is 22.5 Å². The Hall–Kier alpha value is -4.25. The number of hydrogen-bond donors (Lipinski definition) is 3. The predicted molar refractivity (Wildman–Crippen MR) is 146 cm³/mol. The molecule has 4 aromatic rings. The quantitative estimate of drug-likeness (QED) is 0.215. The molecule has 1 saturated carbocycles. The van der Waals surface area contributed by atoms with Crippen LogP contribution in [0.25, 0.3) is 33.4 Å². The molecule has 2 amide bonds. The van der Waals surface area contributed by atoms with Gasteiger partial charge in [-0.2, -0.15) is 13.2 Å². The molecule has 1 fully saturated rings. The van der Waals surface area contributed by atoms with E-state index in [1.54, 1.807) is 6.92 Å². The minimum atomic E-state index is -4.47. The maximum Gasteiger partial charge on any atom is 0.389 e. The smallest absolute Gasteiger partial charge is 0.389 e. The van der Waals surface area contributed by atoms with Crippen LogP contribution in [0.4, 0.5) is 22.0 Å². The van der Waals surface area contributed by atoms with Crippen LogP contribution in [0.1, 0.15) is 52.5 Å². The summed E-state index contributed by atoms with van der Waals surface area (Å²) in [5.41, 5.74) is 0.266. The first-order valence-electron chi connectivity index (χ1n) is 13.2. The normalized spacial score (nSPS) is 18.5. The van der Waals surface area contributed by atoms with Gasteiger partial charge in [0.1, 0.15) is 23.0 Å². The number of carbonyl (C=O) groups is 2. The summed E-state index contributed by atoms with van der Waals surface area (Å²) < 4.78 is 74.3. The minimum Gasteiger partial charge on any atom is -0.455 e. The Kier molecular flexibility index (Phi) is 7.57. The molecule has 0 spiro atoms. The van der Waals surface area contributed by atoms with E-state index in [1.807, 2.05) is 0 Å². The highest BCUT2D eigenvalue weighted by Gasteiger charge is 2.41. The Morgan fingerprint density at radius 1 is 1.00 bits per heavy atom. The number of amides is 2. The molecule has 1 aliphatic carbocycles. The first-order chi connectivity index (χ1) is 19.8. The van der Waals surface area contributed by atoms with Crippen molar-refractivity contribution in [3.63, 3.8) is 0 Å². The second kappa shape index (κ2) is 10.9. The van der Waals surface area contributed by atoms with E-state index < -0.39 is 54.1 Å². The molecule has 1 heterocycles. The number of aliphatic hydroxyl groups excluding tert-OH is 1. The average molecular weight is 587 g/mol. The van der Waals surface area contributed by atoms with E-state index in [9.17, 15) is 36.6 Å². The van der Waals surface area contributed by atoms with Gasteiger partial charge >= 0.3 is 6.18 Å². The molecule has 1 aliphatic rings. The van der Waals surface area contributed by atoms with E-state index in [0.29, 0.717) is 18.4 Å². The van der Waals surface area contributed by atoms with Crippen molar-refractivity contribution in [3.05, 3.63) is 82.9 Å². The van der Waals surface area contributed by atoms with Gasteiger partial charge in [-0.15, -0.1) is 0 Å². The molecular formula is C31H27F5N2O4. The minimum absolute atomic E-state index is 0.0827. The van der Waals surface area contributed by atoms with Crippen molar-refractivity contribution in [2.45, 2.75) is 50.4 Å². The topological polar surface area (TPSA) is 91.6 Å². The first-order valence-corrected chi connectivity index (χ1v) is 13.2. The summed E-state index contributed by atoms with van der Waals surface area (Å²) in [5, 5.41) is 15.2. The zero-order valence-corrected chi connectivity index (χ0v) is 22.7. The largest absolute Gasteiger partial charge is 0.455 e. The van der Waals surface area contributed by atoms with Crippen LogP contribution in [0.3, 0.4) is 0 Å². The van der Waals surface area contributed by atoms with E-state index in [-0.39, 0.29) is 44.5 Å². The van der Waals surface area contributed by atoms with Crippen LogP contribution in [0.15, 0.2) is 59.0 Å². The second-order valence-electron chi connectivity index (χ2n) is 10.8. The summed E-state index contributed by atoms with van der Waals surface area (Å²) in [5.74, 6) is -2.51. The van der Waals surface area contributed by atoms with Gasteiger partial charge in [0, 0.05) is 30.0 Å². The maximum absolute atomic E-state index is 14.8. The molecule has 0 bridgehead atoms. The highest BCUT2D eigenvalue weighted by molar-refractivity contribution is 6.12. The SMILES string of the molecule is CNC(=O)c1c(-c2ccc(F)cc2)oc2cc(CCC(F)(F)F)c(-c3ccc(F)c(C(=O)NC4(C)CC(O)C4)c3)cc12. The number of aryl methyl sites for hydroxylation is 1. The van der Waals surface area contributed by atoms with Crippen molar-refractivity contribution in [2.24, 2.45) is 0 Å². The summed E-state index contributed by atoms with van der Waals surface area (Å²) >= 11 is 0. The third-order valence-electron chi connectivity index (χ3n) is 7.46. The van der Waals surface area contributed by atoms with Gasteiger partial charge in [0.05, 0.1) is 17.2 Å². The molecular weight excluding hydrogens is 559 g/mol. The van der Waals surface area contributed by atoms with Crippen molar-refractivity contribution in [1.29, 1.82) is 0 Å². The molecule has 0 aliphatic heterocycles. The van der Waals surface area contributed by atoms with Crippen molar-refractivity contribution in [1.82, 2.24) is 10.6 Å². The van der Waals surface area contributed by atoms with Crippen LogP contribution < -0.4 is 10.6 Å². The number of fused-ring (bicyclic) bond motifs is 1. The maximum atomic E-state index is 14.8. The lowest BCUT2D eigenvalue weighted by atomic mass is 9.76. The summed E-state index contributed by atoms with van der Waals surface area (Å²) in [6.45, 7) is 1.72. The van der Waals surface area contributed by atoms with E-state index in [1.165, 1.54) is 55.6 Å². The number of furan rings is 1. The zero-order valence-electron chi connectivity index (χ0n) is 22.7. The van der Waals surface area contributed by atoms with Crippen molar-refractivity contribution < 1.29 is 41.1 Å². The molecule has 0 saturated heterocycles. The van der Waals surface area contributed by atoms with Gasteiger partial charge < -0.3 is 20.2 Å². The number of alkyl halides is 3.